The van der Waals surface area contributed by atoms with Crippen molar-refractivity contribution in [1.29, 1.82) is 0 Å². The lowest BCUT2D eigenvalue weighted by molar-refractivity contribution is -0.120. The van der Waals surface area contributed by atoms with Crippen LogP contribution in [0.2, 0.25) is 5.02 Å². The number of halogens is 2. The van der Waals surface area contributed by atoms with Crippen LogP contribution in [0.3, 0.4) is 0 Å². The van der Waals surface area contributed by atoms with Crippen LogP contribution in [0.15, 0.2) is 59.3 Å². The summed E-state index contributed by atoms with van der Waals surface area (Å²) in [7, 11) is 0. The summed E-state index contributed by atoms with van der Waals surface area (Å²) in [4.78, 5) is 38.6. The van der Waals surface area contributed by atoms with Gasteiger partial charge in [0.1, 0.15) is 10.7 Å². The summed E-state index contributed by atoms with van der Waals surface area (Å²) in [6.07, 6.45) is 4.31. The standard InChI is InChI=1S/C22H19Cl2N3O3/c23-14-4-3-7-17(12-14)27-21(29)18(24)19(22(27)30)25-16-10-8-13(9-11-16)20(28)26-15-5-1-2-6-15/h3-4,7-12,15,25H,1-2,5-6H2,(H,26,28). The number of amides is 3. The van der Waals surface area contributed by atoms with E-state index >= 15 is 0 Å². The summed E-state index contributed by atoms with van der Waals surface area (Å²) in [5.41, 5.74) is 1.38. The zero-order valence-corrected chi connectivity index (χ0v) is 17.5. The predicted octanol–water partition coefficient (Wildman–Crippen LogP) is 4.45. The number of carbonyl (C=O) groups is 3. The molecule has 4 rings (SSSR count). The Morgan fingerprint density at radius 1 is 0.967 bits per heavy atom. The van der Waals surface area contributed by atoms with Crippen molar-refractivity contribution in [3.8, 4) is 0 Å². The topological polar surface area (TPSA) is 78.5 Å². The lowest BCUT2D eigenvalue weighted by atomic mass is 10.1. The molecule has 0 saturated heterocycles. The average molecular weight is 444 g/mol. The highest BCUT2D eigenvalue weighted by atomic mass is 35.5. The van der Waals surface area contributed by atoms with Gasteiger partial charge in [0.15, 0.2) is 0 Å². The molecule has 1 heterocycles. The van der Waals surface area contributed by atoms with E-state index in [0.29, 0.717) is 22.0 Å². The van der Waals surface area contributed by atoms with Gasteiger partial charge in [0, 0.05) is 22.3 Å². The highest BCUT2D eigenvalue weighted by Crippen LogP contribution is 2.31. The fraction of sp³-hybridized carbons (Fsp3) is 0.227. The van der Waals surface area contributed by atoms with Crippen molar-refractivity contribution in [1.82, 2.24) is 5.32 Å². The van der Waals surface area contributed by atoms with Crippen LogP contribution in [0.4, 0.5) is 11.4 Å². The first-order chi connectivity index (χ1) is 14.4. The Balaban J connectivity index is 1.47. The summed E-state index contributed by atoms with van der Waals surface area (Å²) >= 11 is 12.1. The highest BCUT2D eigenvalue weighted by Gasteiger charge is 2.39. The number of benzene rings is 2. The van der Waals surface area contributed by atoms with Crippen LogP contribution in [-0.2, 0) is 9.59 Å². The molecule has 154 valence electrons. The van der Waals surface area contributed by atoms with Gasteiger partial charge in [0.25, 0.3) is 17.7 Å². The summed E-state index contributed by atoms with van der Waals surface area (Å²) in [5, 5.41) is 6.12. The molecule has 6 nitrogen and oxygen atoms in total. The van der Waals surface area contributed by atoms with Crippen LogP contribution in [0, 0.1) is 0 Å². The predicted molar refractivity (Wildman–Crippen MR) is 117 cm³/mol. The van der Waals surface area contributed by atoms with E-state index in [0.717, 1.165) is 30.6 Å². The Hall–Kier alpha value is -2.83. The number of hydrogen-bond donors (Lipinski definition) is 2. The maximum absolute atomic E-state index is 12.8. The number of rotatable bonds is 5. The first-order valence-corrected chi connectivity index (χ1v) is 10.4. The molecule has 2 aliphatic rings. The maximum atomic E-state index is 12.8. The van der Waals surface area contributed by atoms with Gasteiger partial charge in [-0.25, -0.2) is 4.90 Å². The minimum absolute atomic E-state index is 0.0233. The van der Waals surface area contributed by atoms with Gasteiger partial charge in [-0.05, 0) is 55.3 Å². The molecule has 2 N–H and O–H groups in total. The number of carbonyl (C=O) groups excluding carboxylic acids is 3. The number of anilines is 2. The Kier molecular flexibility index (Phi) is 5.79. The second-order valence-electron chi connectivity index (χ2n) is 7.27. The average Bonchev–Trinajstić information content (AvgIpc) is 3.31. The maximum Gasteiger partial charge on any atom is 0.283 e. The van der Waals surface area contributed by atoms with Crippen molar-refractivity contribution < 1.29 is 14.4 Å². The lowest BCUT2D eigenvalue weighted by Gasteiger charge is -2.15. The van der Waals surface area contributed by atoms with Gasteiger partial charge in [-0.3, -0.25) is 14.4 Å². The Labute approximate surface area is 183 Å². The van der Waals surface area contributed by atoms with Crippen LogP contribution in [0.1, 0.15) is 36.0 Å². The molecule has 0 atom stereocenters. The highest BCUT2D eigenvalue weighted by molar-refractivity contribution is 6.53. The molecule has 8 heteroatoms. The van der Waals surface area contributed by atoms with Crippen LogP contribution >= 0.6 is 23.2 Å². The first kappa shape index (κ1) is 20.4. The molecule has 2 aromatic carbocycles. The van der Waals surface area contributed by atoms with E-state index in [2.05, 4.69) is 10.6 Å². The van der Waals surface area contributed by atoms with Gasteiger partial charge < -0.3 is 10.6 Å². The third-order valence-electron chi connectivity index (χ3n) is 5.20. The SMILES string of the molecule is O=C(NC1CCCC1)c1ccc(NC2=C(Cl)C(=O)N(c3cccc(Cl)c3)C2=O)cc1. The van der Waals surface area contributed by atoms with Gasteiger partial charge in [0.2, 0.25) is 0 Å². The van der Waals surface area contributed by atoms with Gasteiger partial charge in [-0.1, -0.05) is 42.1 Å². The van der Waals surface area contributed by atoms with E-state index in [1.54, 1.807) is 42.5 Å². The fourth-order valence-electron chi connectivity index (χ4n) is 3.65. The van der Waals surface area contributed by atoms with E-state index in [1.807, 2.05) is 0 Å². The molecule has 0 spiro atoms. The second kappa shape index (κ2) is 8.50. The molecule has 0 unspecified atom stereocenters. The first-order valence-electron chi connectivity index (χ1n) is 9.66. The molecule has 1 saturated carbocycles. The minimum atomic E-state index is -0.626. The summed E-state index contributed by atoms with van der Waals surface area (Å²) in [6.45, 7) is 0. The minimum Gasteiger partial charge on any atom is -0.350 e. The van der Waals surface area contributed by atoms with Crippen molar-refractivity contribution in [3.63, 3.8) is 0 Å². The van der Waals surface area contributed by atoms with Crippen molar-refractivity contribution in [2.75, 3.05) is 10.2 Å². The largest absolute Gasteiger partial charge is 0.350 e. The molecule has 30 heavy (non-hydrogen) atoms. The van der Waals surface area contributed by atoms with Crippen LogP contribution in [0.5, 0.6) is 0 Å². The normalized spacial score (nSPS) is 17.1. The van der Waals surface area contributed by atoms with Crippen LogP contribution in [0.25, 0.3) is 0 Å². The molecule has 1 aliphatic heterocycles. The monoisotopic (exact) mass is 443 g/mol. The Morgan fingerprint density at radius 3 is 2.33 bits per heavy atom. The molecular weight excluding hydrogens is 425 g/mol. The van der Waals surface area contributed by atoms with Gasteiger partial charge in [0.05, 0.1) is 5.69 Å². The van der Waals surface area contributed by atoms with E-state index in [4.69, 9.17) is 23.2 Å². The number of nitrogens with zero attached hydrogens (tertiary/aromatic N) is 1. The molecule has 0 aromatic heterocycles. The van der Waals surface area contributed by atoms with Crippen molar-refractivity contribution in [2.24, 2.45) is 0 Å². The third-order valence-corrected chi connectivity index (χ3v) is 5.79. The van der Waals surface area contributed by atoms with Crippen molar-refractivity contribution in [3.05, 3.63) is 69.8 Å². The fourth-order valence-corrected chi connectivity index (χ4v) is 4.05. The molecular formula is C22H19Cl2N3O3. The van der Waals surface area contributed by atoms with Crippen LogP contribution < -0.4 is 15.5 Å². The van der Waals surface area contributed by atoms with Gasteiger partial charge in [-0.2, -0.15) is 0 Å². The van der Waals surface area contributed by atoms with E-state index in [-0.39, 0.29) is 22.7 Å². The smallest absolute Gasteiger partial charge is 0.283 e. The Morgan fingerprint density at radius 2 is 1.67 bits per heavy atom. The van der Waals surface area contributed by atoms with E-state index in [1.165, 1.54) is 6.07 Å². The van der Waals surface area contributed by atoms with Crippen molar-refractivity contribution in [2.45, 2.75) is 31.7 Å². The number of hydrogen-bond acceptors (Lipinski definition) is 4. The third kappa shape index (κ3) is 4.06. The second-order valence-corrected chi connectivity index (χ2v) is 8.09. The number of nitrogens with one attached hydrogen (secondary N) is 2. The molecule has 1 aliphatic carbocycles. The summed E-state index contributed by atoms with van der Waals surface area (Å²) in [5.74, 6) is -1.32. The van der Waals surface area contributed by atoms with E-state index < -0.39 is 11.8 Å². The quantitative estimate of drug-likeness (QED) is 0.669. The summed E-state index contributed by atoms with van der Waals surface area (Å²) in [6, 6.07) is 13.3. The molecule has 0 bridgehead atoms. The van der Waals surface area contributed by atoms with Gasteiger partial charge in [-0.15, -0.1) is 0 Å². The molecule has 2 aromatic rings. The van der Waals surface area contributed by atoms with E-state index in [9.17, 15) is 14.4 Å². The molecule has 3 amide bonds. The lowest BCUT2D eigenvalue weighted by Crippen LogP contribution is -2.32. The zero-order valence-electron chi connectivity index (χ0n) is 16.0. The van der Waals surface area contributed by atoms with Crippen LogP contribution in [-0.4, -0.2) is 23.8 Å². The molecule has 0 radical (unpaired) electrons. The summed E-state index contributed by atoms with van der Waals surface area (Å²) < 4.78 is 0. The zero-order chi connectivity index (χ0) is 21.3. The Bertz CT molecular complexity index is 1040. The van der Waals surface area contributed by atoms with Crippen molar-refractivity contribution >= 4 is 52.3 Å². The van der Waals surface area contributed by atoms with Gasteiger partial charge >= 0.3 is 0 Å². The molecule has 1 fully saturated rings. The number of imide groups is 1.